The zero-order chi connectivity index (χ0) is 21.5. The molecular formula is C25H35N3O2. The molecule has 2 amide bonds. The third-order valence-electron chi connectivity index (χ3n) is 6.09. The number of carbonyl (C=O) groups is 2. The molecule has 0 saturated carbocycles. The zero-order valence-corrected chi connectivity index (χ0v) is 18.7. The number of hydrogen-bond donors (Lipinski definition) is 1. The van der Waals surface area contributed by atoms with Crippen molar-refractivity contribution in [2.75, 3.05) is 38.0 Å². The average molecular weight is 410 g/mol. The fourth-order valence-corrected chi connectivity index (χ4v) is 4.27. The van der Waals surface area contributed by atoms with Crippen molar-refractivity contribution in [1.82, 2.24) is 9.80 Å². The van der Waals surface area contributed by atoms with E-state index in [4.69, 9.17) is 0 Å². The number of imide groups is 1. The maximum absolute atomic E-state index is 13.1. The largest absolute Gasteiger partial charge is 0.384 e. The van der Waals surface area contributed by atoms with Gasteiger partial charge in [-0.2, -0.15) is 0 Å². The Bertz CT molecular complexity index is 867. The quantitative estimate of drug-likeness (QED) is 0.389. The van der Waals surface area contributed by atoms with Crippen LogP contribution < -0.4 is 5.32 Å². The van der Waals surface area contributed by atoms with Gasteiger partial charge in [-0.3, -0.25) is 14.5 Å². The summed E-state index contributed by atoms with van der Waals surface area (Å²) >= 11 is 0. The van der Waals surface area contributed by atoms with Gasteiger partial charge in [-0.05, 0) is 50.7 Å². The summed E-state index contributed by atoms with van der Waals surface area (Å²) in [5.74, 6) is -0.318. The minimum atomic E-state index is -0.159. The second-order valence-electron chi connectivity index (χ2n) is 8.02. The van der Waals surface area contributed by atoms with Crippen molar-refractivity contribution in [3.63, 3.8) is 0 Å². The second-order valence-corrected chi connectivity index (χ2v) is 8.02. The molecule has 0 aromatic heterocycles. The van der Waals surface area contributed by atoms with Crippen LogP contribution in [-0.2, 0) is 0 Å². The molecule has 0 saturated heterocycles. The SMILES string of the molecule is CCCCCCN1C(=O)c2cccc3c(NCCCN(CC)CC)ccc(c23)C1=O. The summed E-state index contributed by atoms with van der Waals surface area (Å²) in [6.45, 7) is 11.1. The van der Waals surface area contributed by atoms with E-state index in [-0.39, 0.29) is 11.8 Å². The summed E-state index contributed by atoms with van der Waals surface area (Å²) in [7, 11) is 0. The number of unbranched alkanes of at least 4 members (excludes halogenated alkanes) is 3. The van der Waals surface area contributed by atoms with Gasteiger partial charge in [0.05, 0.1) is 0 Å². The first kappa shape index (κ1) is 22.3. The Morgan fingerprint density at radius 1 is 0.867 bits per heavy atom. The zero-order valence-electron chi connectivity index (χ0n) is 18.7. The van der Waals surface area contributed by atoms with Crippen molar-refractivity contribution in [1.29, 1.82) is 0 Å². The molecule has 2 aromatic carbocycles. The normalized spacial score (nSPS) is 13.5. The number of nitrogens with one attached hydrogen (secondary N) is 1. The Morgan fingerprint density at radius 2 is 1.60 bits per heavy atom. The van der Waals surface area contributed by atoms with Crippen LogP contribution in [-0.4, -0.2) is 54.3 Å². The molecule has 30 heavy (non-hydrogen) atoms. The van der Waals surface area contributed by atoms with Gasteiger partial charge in [0.25, 0.3) is 11.8 Å². The third kappa shape index (κ3) is 4.67. The number of nitrogens with zero attached hydrogens (tertiary/aromatic N) is 2. The molecule has 0 radical (unpaired) electrons. The van der Waals surface area contributed by atoms with Crippen LogP contribution in [0.25, 0.3) is 10.8 Å². The van der Waals surface area contributed by atoms with Gasteiger partial charge in [-0.1, -0.05) is 52.2 Å². The van der Waals surface area contributed by atoms with Gasteiger partial charge in [0.1, 0.15) is 0 Å². The molecule has 1 N–H and O–H groups in total. The number of hydrogen-bond acceptors (Lipinski definition) is 4. The summed E-state index contributed by atoms with van der Waals surface area (Å²) in [5, 5.41) is 5.28. The fraction of sp³-hybridized carbons (Fsp3) is 0.520. The second kappa shape index (κ2) is 10.6. The van der Waals surface area contributed by atoms with Crippen LogP contribution in [0.5, 0.6) is 0 Å². The standard InChI is InChI=1S/C25H35N3O2/c1-4-7-8-9-18-28-24(29)20-13-10-12-19-22(15-14-21(23(19)20)25(28)30)26-16-11-17-27(5-2)6-3/h10,12-15,26H,4-9,11,16-18H2,1-3H3. The maximum Gasteiger partial charge on any atom is 0.261 e. The van der Waals surface area contributed by atoms with E-state index >= 15 is 0 Å². The molecule has 1 aliphatic heterocycles. The van der Waals surface area contributed by atoms with Crippen LogP contribution in [0.3, 0.4) is 0 Å². The molecule has 2 aromatic rings. The van der Waals surface area contributed by atoms with Gasteiger partial charge in [0.15, 0.2) is 0 Å². The Kier molecular flexibility index (Phi) is 7.86. The lowest BCUT2D eigenvalue weighted by molar-refractivity contribution is 0.0608. The minimum Gasteiger partial charge on any atom is -0.384 e. The van der Waals surface area contributed by atoms with Crippen LogP contribution in [0.4, 0.5) is 5.69 Å². The van der Waals surface area contributed by atoms with Gasteiger partial charge in [0.2, 0.25) is 0 Å². The molecule has 0 spiro atoms. The van der Waals surface area contributed by atoms with E-state index < -0.39 is 0 Å². The number of carbonyl (C=O) groups excluding carboxylic acids is 2. The summed E-state index contributed by atoms with van der Waals surface area (Å²) in [6, 6.07) is 9.65. The summed E-state index contributed by atoms with van der Waals surface area (Å²) in [6.07, 6.45) is 5.22. The van der Waals surface area contributed by atoms with E-state index in [0.717, 1.165) is 74.7 Å². The van der Waals surface area contributed by atoms with Crippen molar-refractivity contribution in [3.8, 4) is 0 Å². The smallest absolute Gasteiger partial charge is 0.261 e. The molecule has 0 fully saturated rings. The van der Waals surface area contributed by atoms with Crippen molar-refractivity contribution in [2.45, 2.75) is 52.9 Å². The third-order valence-corrected chi connectivity index (χ3v) is 6.09. The lowest BCUT2D eigenvalue weighted by Gasteiger charge is -2.28. The molecule has 0 aliphatic carbocycles. The molecule has 1 heterocycles. The summed E-state index contributed by atoms with van der Waals surface area (Å²) in [5.41, 5.74) is 2.28. The first-order valence-electron chi connectivity index (χ1n) is 11.5. The van der Waals surface area contributed by atoms with Crippen LogP contribution in [0, 0.1) is 0 Å². The first-order chi connectivity index (χ1) is 14.6. The molecule has 5 heteroatoms. The first-order valence-corrected chi connectivity index (χ1v) is 11.5. The van der Waals surface area contributed by atoms with Gasteiger partial charge < -0.3 is 10.2 Å². The molecule has 5 nitrogen and oxygen atoms in total. The van der Waals surface area contributed by atoms with Gasteiger partial charge in [-0.25, -0.2) is 0 Å². The molecular weight excluding hydrogens is 374 g/mol. The van der Waals surface area contributed by atoms with E-state index in [1.54, 1.807) is 0 Å². The Labute approximate surface area is 180 Å². The van der Waals surface area contributed by atoms with Crippen molar-refractivity contribution < 1.29 is 9.59 Å². The van der Waals surface area contributed by atoms with Gasteiger partial charge >= 0.3 is 0 Å². The molecule has 0 bridgehead atoms. The average Bonchev–Trinajstić information content (AvgIpc) is 2.77. The van der Waals surface area contributed by atoms with E-state index in [2.05, 4.69) is 31.0 Å². The maximum atomic E-state index is 13.1. The van der Waals surface area contributed by atoms with Crippen molar-refractivity contribution in [2.24, 2.45) is 0 Å². The highest BCUT2D eigenvalue weighted by molar-refractivity contribution is 6.26. The fourth-order valence-electron chi connectivity index (χ4n) is 4.27. The summed E-state index contributed by atoms with van der Waals surface area (Å²) in [4.78, 5) is 30.0. The summed E-state index contributed by atoms with van der Waals surface area (Å²) < 4.78 is 0. The van der Waals surface area contributed by atoms with E-state index in [1.165, 1.54) is 4.90 Å². The monoisotopic (exact) mass is 409 g/mol. The minimum absolute atomic E-state index is 0.159. The molecule has 3 rings (SSSR count). The van der Waals surface area contributed by atoms with E-state index in [9.17, 15) is 9.59 Å². The van der Waals surface area contributed by atoms with Gasteiger partial charge in [-0.15, -0.1) is 0 Å². The van der Waals surface area contributed by atoms with E-state index in [1.807, 2.05) is 30.3 Å². The van der Waals surface area contributed by atoms with Crippen molar-refractivity contribution in [3.05, 3.63) is 41.5 Å². The number of rotatable bonds is 12. The predicted octanol–water partition coefficient (Wildman–Crippen LogP) is 5.16. The van der Waals surface area contributed by atoms with Crippen LogP contribution in [0.15, 0.2) is 30.3 Å². The van der Waals surface area contributed by atoms with Gasteiger partial charge in [0, 0.05) is 40.7 Å². The molecule has 0 unspecified atom stereocenters. The van der Waals surface area contributed by atoms with Crippen molar-refractivity contribution >= 4 is 28.3 Å². The Hall–Kier alpha value is -2.40. The number of anilines is 1. The lowest BCUT2D eigenvalue weighted by atomic mass is 9.92. The number of amides is 2. The molecule has 1 aliphatic rings. The lowest BCUT2D eigenvalue weighted by Crippen LogP contribution is -2.40. The molecule has 162 valence electrons. The van der Waals surface area contributed by atoms with Crippen LogP contribution in [0.1, 0.15) is 73.6 Å². The Morgan fingerprint density at radius 3 is 2.30 bits per heavy atom. The predicted molar refractivity (Wildman–Crippen MR) is 124 cm³/mol. The van der Waals surface area contributed by atoms with Crippen LogP contribution >= 0.6 is 0 Å². The topological polar surface area (TPSA) is 52.7 Å². The highest BCUT2D eigenvalue weighted by Crippen LogP contribution is 2.34. The molecule has 0 atom stereocenters. The highest BCUT2D eigenvalue weighted by Gasteiger charge is 2.32. The highest BCUT2D eigenvalue weighted by atomic mass is 16.2. The Balaban J connectivity index is 1.78. The van der Waals surface area contributed by atoms with Crippen LogP contribution in [0.2, 0.25) is 0 Å². The number of benzene rings is 2. The van der Waals surface area contributed by atoms with E-state index in [0.29, 0.717) is 17.7 Å².